The molecule has 98 valence electrons. The summed E-state index contributed by atoms with van der Waals surface area (Å²) in [5.74, 6) is 0. The zero-order valence-electron chi connectivity index (χ0n) is 11.7. The minimum Gasteiger partial charge on any atom is -0.307 e. The van der Waals surface area contributed by atoms with Crippen LogP contribution in [0, 0.1) is 6.92 Å². The number of nitrogens with zero attached hydrogens (tertiary/aromatic N) is 4. The third kappa shape index (κ3) is 2.18. The molecular weight excluding hydrogens is 226 g/mol. The van der Waals surface area contributed by atoms with Crippen LogP contribution in [0.3, 0.4) is 0 Å². The number of rotatable bonds is 4. The normalized spacial score (nSPS) is 13.2. The van der Waals surface area contributed by atoms with Crippen molar-refractivity contribution in [1.82, 2.24) is 24.9 Å². The Morgan fingerprint density at radius 1 is 1.28 bits per heavy atom. The molecule has 2 rings (SSSR count). The third-order valence-electron chi connectivity index (χ3n) is 3.11. The van der Waals surface area contributed by atoms with Crippen LogP contribution >= 0.6 is 0 Å². The summed E-state index contributed by atoms with van der Waals surface area (Å²) in [6, 6.07) is 4.63. The fourth-order valence-electron chi connectivity index (χ4n) is 2.33. The molecule has 2 aromatic heterocycles. The van der Waals surface area contributed by atoms with Crippen LogP contribution in [0.1, 0.15) is 43.0 Å². The minimum atomic E-state index is 0.112. The number of hydrogen-bond acceptors (Lipinski definition) is 3. The van der Waals surface area contributed by atoms with E-state index in [0.29, 0.717) is 6.04 Å². The lowest BCUT2D eigenvalue weighted by atomic mass is 10.1. The molecule has 2 heterocycles. The Kier molecular flexibility index (Phi) is 3.52. The van der Waals surface area contributed by atoms with Gasteiger partial charge in [0.15, 0.2) is 0 Å². The van der Waals surface area contributed by atoms with Crippen molar-refractivity contribution in [3.8, 4) is 0 Å². The smallest absolute Gasteiger partial charge is 0.0916 e. The topological polar surface area (TPSA) is 47.7 Å². The van der Waals surface area contributed by atoms with E-state index in [1.54, 1.807) is 0 Å². The largest absolute Gasteiger partial charge is 0.307 e. The summed E-state index contributed by atoms with van der Waals surface area (Å²) < 4.78 is 3.97. The molecule has 0 aliphatic carbocycles. The standard InChI is InChI=1S/C13H21N5/c1-9(2)18-11(6-7-15-18)13(14-4)12-8-10(3)16-17(12)5/h6-9,13-14H,1-5H3. The average molecular weight is 247 g/mol. The Morgan fingerprint density at radius 2 is 2.00 bits per heavy atom. The average Bonchev–Trinajstić information content (AvgIpc) is 2.88. The van der Waals surface area contributed by atoms with Crippen LogP contribution in [0.2, 0.25) is 0 Å². The van der Waals surface area contributed by atoms with Crippen molar-refractivity contribution in [1.29, 1.82) is 0 Å². The van der Waals surface area contributed by atoms with Gasteiger partial charge in [-0.05, 0) is 40.0 Å². The van der Waals surface area contributed by atoms with Crippen molar-refractivity contribution in [2.24, 2.45) is 7.05 Å². The number of hydrogen-bond donors (Lipinski definition) is 1. The van der Waals surface area contributed by atoms with Crippen LogP contribution in [0.25, 0.3) is 0 Å². The molecular formula is C13H21N5. The molecule has 5 nitrogen and oxygen atoms in total. The molecule has 0 fully saturated rings. The van der Waals surface area contributed by atoms with E-state index in [4.69, 9.17) is 0 Å². The van der Waals surface area contributed by atoms with Crippen molar-refractivity contribution in [2.45, 2.75) is 32.9 Å². The maximum atomic E-state index is 4.41. The SMILES string of the molecule is CNC(c1cc(C)nn1C)c1ccnn1C(C)C. The Labute approximate surface area is 108 Å². The molecule has 0 amide bonds. The molecule has 0 saturated carbocycles. The van der Waals surface area contributed by atoms with Crippen LogP contribution < -0.4 is 5.32 Å². The monoisotopic (exact) mass is 247 g/mol. The van der Waals surface area contributed by atoms with Gasteiger partial charge < -0.3 is 5.32 Å². The van der Waals surface area contributed by atoms with Gasteiger partial charge in [-0.2, -0.15) is 10.2 Å². The van der Waals surface area contributed by atoms with Gasteiger partial charge in [0.2, 0.25) is 0 Å². The van der Waals surface area contributed by atoms with E-state index in [9.17, 15) is 0 Å². The summed E-state index contributed by atoms with van der Waals surface area (Å²) in [4.78, 5) is 0. The second kappa shape index (κ2) is 4.94. The minimum absolute atomic E-state index is 0.112. The van der Waals surface area contributed by atoms with Crippen LogP contribution in [0.15, 0.2) is 18.3 Å². The first-order valence-corrected chi connectivity index (χ1v) is 6.25. The fraction of sp³-hybridized carbons (Fsp3) is 0.538. The molecule has 0 radical (unpaired) electrons. The van der Waals surface area contributed by atoms with Crippen molar-refractivity contribution in [3.63, 3.8) is 0 Å². The van der Waals surface area contributed by atoms with Crippen LogP contribution in [0.4, 0.5) is 0 Å². The van der Waals surface area contributed by atoms with Gasteiger partial charge in [-0.3, -0.25) is 9.36 Å². The van der Waals surface area contributed by atoms with Gasteiger partial charge in [0.25, 0.3) is 0 Å². The van der Waals surface area contributed by atoms with Crippen LogP contribution in [-0.2, 0) is 7.05 Å². The van der Waals surface area contributed by atoms with Crippen molar-refractivity contribution < 1.29 is 0 Å². The quantitative estimate of drug-likeness (QED) is 0.896. The van der Waals surface area contributed by atoms with E-state index in [1.165, 1.54) is 0 Å². The zero-order chi connectivity index (χ0) is 13.3. The summed E-state index contributed by atoms with van der Waals surface area (Å²) in [7, 11) is 3.94. The molecule has 0 aromatic carbocycles. The lowest BCUT2D eigenvalue weighted by molar-refractivity contribution is 0.474. The lowest BCUT2D eigenvalue weighted by Gasteiger charge is -2.20. The summed E-state index contributed by atoms with van der Waals surface area (Å²) in [6.07, 6.45) is 1.85. The molecule has 0 bridgehead atoms. The Balaban J connectivity index is 2.45. The maximum Gasteiger partial charge on any atom is 0.0916 e. The van der Waals surface area contributed by atoms with Crippen LogP contribution in [-0.4, -0.2) is 26.6 Å². The Bertz CT molecular complexity index is 523. The zero-order valence-corrected chi connectivity index (χ0v) is 11.7. The molecule has 0 spiro atoms. The molecule has 0 saturated heterocycles. The van der Waals surface area contributed by atoms with Crippen molar-refractivity contribution >= 4 is 0 Å². The van der Waals surface area contributed by atoms with Gasteiger partial charge in [-0.15, -0.1) is 0 Å². The highest BCUT2D eigenvalue weighted by atomic mass is 15.3. The van der Waals surface area contributed by atoms with Crippen molar-refractivity contribution in [2.75, 3.05) is 7.05 Å². The van der Waals surface area contributed by atoms with E-state index in [-0.39, 0.29) is 6.04 Å². The first-order valence-electron chi connectivity index (χ1n) is 6.25. The number of aryl methyl sites for hydroxylation is 2. The predicted octanol–water partition coefficient (Wildman–Crippen LogP) is 1.81. The van der Waals surface area contributed by atoms with Gasteiger partial charge in [0.05, 0.1) is 23.1 Å². The van der Waals surface area contributed by atoms with E-state index in [1.807, 2.05) is 36.6 Å². The Hall–Kier alpha value is -1.62. The molecule has 2 aromatic rings. The van der Waals surface area contributed by atoms with Gasteiger partial charge >= 0.3 is 0 Å². The highest BCUT2D eigenvalue weighted by molar-refractivity contribution is 5.23. The predicted molar refractivity (Wildman–Crippen MR) is 71.5 cm³/mol. The first kappa shape index (κ1) is 12.8. The molecule has 18 heavy (non-hydrogen) atoms. The molecule has 5 heteroatoms. The highest BCUT2D eigenvalue weighted by Gasteiger charge is 2.21. The van der Waals surface area contributed by atoms with Gasteiger partial charge in [-0.1, -0.05) is 0 Å². The Morgan fingerprint density at radius 3 is 2.50 bits per heavy atom. The molecule has 0 aliphatic heterocycles. The lowest BCUT2D eigenvalue weighted by Crippen LogP contribution is -2.24. The third-order valence-corrected chi connectivity index (χ3v) is 3.11. The maximum absolute atomic E-state index is 4.41. The fourth-order valence-corrected chi connectivity index (χ4v) is 2.33. The van der Waals surface area contributed by atoms with E-state index >= 15 is 0 Å². The van der Waals surface area contributed by atoms with E-state index in [2.05, 4.69) is 41.5 Å². The molecule has 0 aliphatic rings. The van der Waals surface area contributed by atoms with E-state index < -0.39 is 0 Å². The molecule has 1 unspecified atom stereocenters. The second-order valence-electron chi connectivity index (χ2n) is 4.85. The first-order chi connectivity index (χ1) is 8.54. The van der Waals surface area contributed by atoms with Gasteiger partial charge in [0.1, 0.15) is 0 Å². The summed E-state index contributed by atoms with van der Waals surface area (Å²) in [5.41, 5.74) is 3.34. The summed E-state index contributed by atoms with van der Waals surface area (Å²) >= 11 is 0. The summed E-state index contributed by atoms with van der Waals surface area (Å²) in [6.45, 7) is 6.28. The van der Waals surface area contributed by atoms with Gasteiger partial charge in [-0.25, -0.2) is 0 Å². The second-order valence-corrected chi connectivity index (χ2v) is 4.85. The molecule has 1 N–H and O–H groups in total. The highest BCUT2D eigenvalue weighted by Crippen LogP contribution is 2.23. The van der Waals surface area contributed by atoms with E-state index in [0.717, 1.165) is 17.1 Å². The summed E-state index contributed by atoms with van der Waals surface area (Å²) in [5, 5.41) is 12.2. The van der Waals surface area contributed by atoms with Crippen molar-refractivity contribution in [3.05, 3.63) is 35.4 Å². The molecule has 1 atom stereocenters. The number of aromatic nitrogens is 4. The number of nitrogens with one attached hydrogen (secondary N) is 1. The van der Waals surface area contributed by atoms with Gasteiger partial charge in [0, 0.05) is 19.3 Å². The van der Waals surface area contributed by atoms with Crippen LogP contribution in [0.5, 0.6) is 0 Å².